The number of halogens is 2. The van der Waals surface area contributed by atoms with E-state index in [0.29, 0.717) is 11.4 Å². The number of hydrogen-bond acceptors (Lipinski definition) is 5. The van der Waals surface area contributed by atoms with E-state index in [0.717, 1.165) is 16.4 Å². The molecule has 3 rings (SSSR count). The molecule has 3 aromatic rings. The first-order chi connectivity index (χ1) is 14.2. The molecule has 0 bridgehead atoms. The third-order valence-corrected chi connectivity index (χ3v) is 6.28. The Bertz CT molecular complexity index is 1210. The standard InChI is InChI=1S/C19H20F2N4O4S/c1-4-25(5-2)30(27,28)24-13-7-6-12(20)16(17(13)21)18(26)11-10-23-19-15(11)14(29-3)8-9-22-19/h6-10,24H,4-5H2,1-3H3,(H,22,23). The molecule has 0 saturated carbocycles. The number of rotatable bonds is 8. The van der Waals surface area contributed by atoms with E-state index >= 15 is 4.39 Å². The highest BCUT2D eigenvalue weighted by Gasteiger charge is 2.28. The molecule has 11 heteroatoms. The van der Waals surface area contributed by atoms with Gasteiger partial charge in [-0.2, -0.15) is 12.7 Å². The van der Waals surface area contributed by atoms with E-state index in [-0.39, 0.29) is 24.0 Å². The molecule has 8 nitrogen and oxygen atoms in total. The minimum atomic E-state index is -4.08. The van der Waals surface area contributed by atoms with E-state index in [9.17, 15) is 17.6 Å². The van der Waals surface area contributed by atoms with Crippen molar-refractivity contribution in [1.82, 2.24) is 14.3 Å². The van der Waals surface area contributed by atoms with Crippen molar-refractivity contribution in [2.45, 2.75) is 13.8 Å². The van der Waals surface area contributed by atoms with Crippen molar-refractivity contribution in [3.8, 4) is 5.75 Å². The number of aromatic nitrogens is 2. The quantitative estimate of drug-likeness (QED) is 0.526. The van der Waals surface area contributed by atoms with Gasteiger partial charge in [-0.25, -0.2) is 13.8 Å². The van der Waals surface area contributed by atoms with E-state index in [2.05, 4.69) is 14.7 Å². The zero-order valence-corrected chi connectivity index (χ0v) is 17.3. The van der Waals surface area contributed by atoms with Crippen LogP contribution >= 0.6 is 0 Å². The van der Waals surface area contributed by atoms with Crippen molar-refractivity contribution in [2.75, 3.05) is 24.9 Å². The van der Waals surface area contributed by atoms with Gasteiger partial charge in [0.05, 0.1) is 29.3 Å². The number of hydrogen-bond donors (Lipinski definition) is 2. The van der Waals surface area contributed by atoms with Gasteiger partial charge in [-0.05, 0) is 18.2 Å². The van der Waals surface area contributed by atoms with Gasteiger partial charge >= 0.3 is 10.2 Å². The van der Waals surface area contributed by atoms with Crippen molar-refractivity contribution in [2.24, 2.45) is 0 Å². The number of nitrogens with zero attached hydrogens (tertiary/aromatic N) is 2. The first kappa shape index (κ1) is 21.7. The molecule has 1 aromatic carbocycles. The minimum absolute atomic E-state index is 0.0588. The van der Waals surface area contributed by atoms with Crippen LogP contribution in [0.2, 0.25) is 0 Å². The minimum Gasteiger partial charge on any atom is -0.496 e. The van der Waals surface area contributed by atoms with E-state index in [1.807, 2.05) is 0 Å². The molecular formula is C19H20F2N4O4S. The number of pyridine rings is 1. The fourth-order valence-electron chi connectivity index (χ4n) is 3.12. The molecule has 2 aromatic heterocycles. The number of aromatic amines is 1. The number of methoxy groups -OCH3 is 1. The Morgan fingerprint density at radius 1 is 1.23 bits per heavy atom. The lowest BCUT2D eigenvalue weighted by Gasteiger charge is -2.20. The zero-order chi connectivity index (χ0) is 22.1. The number of ether oxygens (including phenoxy) is 1. The average molecular weight is 438 g/mol. The number of benzene rings is 1. The van der Waals surface area contributed by atoms with Gasteiger partial charge in [-0.1, -0.05) is 13.8 Å². The number of carbonyl (C=O) groups is 1. The number of carbonyl (C=O) groups excluding carboxylic acids is 1. The Morgan fingerprint density at radius 2 is 1.93 bits per heavy atom. The largest absolute Gasteiger partial charge is 0.496 e. The topological polar surface area (TPSA) is 104 Å². The predicted molar refractivity (Wildman–Crippen MR) is 108 cm³/mol. The summed E-state index contributed by atoms with van der Waals surface area (Å²) in [5, 5.41) is 0.262. The third kappa shape index (κ3) is 3.73. The summed E-state index contributed by atoms with van der Waals surface area (Å²) >= 11 is 0. The predicted octanol–water partition coefficient (Wildman–Crippen LogP) is 3.08. The molecule has 0 aliphatic carbocycles. The van der Waals surface area contributed by atoms with Gasteiger partial charge in [-0.3, -0.25) is 9.52 Å². The van der Waals surface area contributed by atoms with Crippen LogP contribution in [-0.4, -0.2) is 48.7 Å². The average Bonchev–Trinajstić information content (AvgIpc) is 3.15. The van der Waals surface area contributed by atoms with Crippen molar-refractivity contribution in [3.05, 3.63) is 53.4 Å². The fourth-order valence-corrected chi connectivity index (χ4v) is 4.36. The first-order valence-corrected chi connectivity index (χ1v) is 10.5. The number of nitrogens with one attached hydrogen (secondary N) is 2. The van der Waals surface area contributed by atoms with Crippen LogP contribution in [-0.2, 0) is 10.2 Å². The van der Waals surface area contributed by atoms with Crippen LogP contribution in [0.5, 0.6) is 5.75 Å². The Balaban J connectivity index is 2.10. The lowest BCUT2D eigenvalue weighted by atomic mass is 10.0. The number of fused-ring (bicyclic) bond motifs is 1. The molecule has 2 heterocycles. The van der Waals surface area contributed by atoms with Crippen molar-refractivity contribution in [1.29, 1.82) is 0 Å². The maximum Gasteiger partial charge on any atom is 0.301 e. The Kier molecular flexibility index (Phi) is 6.04. The summed E-state index contributed by atoms with van der Waals surface area (Å²) in [5.74, 6) is -3.12. The SMILES string of the molecule is CCN(CC)S(=O)(=O)Nc1ccc(F)c(C(=O)c2c[nH]c3nccc(OC)c23)c1F. The van der Waals surface area contributed by atoms with Crippen LogP contribution < -0.4 is 9.46 Å². The molecule has 160 valence electrons. The second kappa shape index (κ2) is 8.36. The molecule has 0 unspecified atom stereocenters. The highest BCUT2D eigenvalue weighted by Crippen LogP contribution is 2.31. The Labute approximate surface area is 172 Å². The zero-order valence-electron chi connectivity index (χ0n) is 16.5. The highest BCUT2D eigenvalue weighted by atomic mass is 32.2. The summed E-state index contributed by atoms with van der Waals surface area (Å²) in [6, 6.07) is 3.27. The fraction of sp³-hybridized carbons (Fsp3) is 0.263. The maximum absolute atomic E-state index is 15.1. The molecule has 0 radical (unpaired) electrons. The summed E-state index contributed by atoms with van der Waals surface area (Å²) in [6.07, 6.45) is 2.73. The molecular weight excluding hydrogens is 418 g/mol. The Hall–Kier alpha value is -3.05. The van der Waals surface area contributed by atoms with Crippen LogP contribution in [0.25, 0.3) is 11.0 Å². The van der Waals surface area contributed by atoms with Gasteiger partial charge in [0, 0.05) is 25.5 Å². The summed E-state index contributed by atoms with van der Waals surface area (Å²) < 4.78 is 62.7. The second-order valence-electron chi connectivity index (χ2n) is 6.24. The molecule has 0 atom stereocenters. The van der Waals surface area contributed by atoms with Crippen LogP contribution in [0, 0.1) is 11.6 Å². The van der Waals surface area contributed by atoms with Crippen molar-refractivity contribution in [3.63, 3.8) is 0 Å². The lowest BCUT2D eigenvalue weighted by molar-refractivity contribution is 0.103. The van der Waals surface area contributed by atoms with E-state index in [1.165, 1.54) is 25.6 Å². The summed E-state index contributed by atoms with van der Waals surface area (Å²) in [6.45, 7) is 3.55. The molecule has 0 amide bonds. The van der Waals surface area contributed by atoms with E-state index in [1.54, 1.807) is 13.8 Å². The molecule has 2 N–H and O–H groups in total. The van der Waals surface area contributed by atoms with E-state index in [4.69, 9.17) is 4.74 Å². The highest BCUT2D eigenvalue weighted by molar-refractivity contribution is 7.90. The van der Waals surface area contributed by atoms with Gasteiger partial charge in [-0.15, -0.1) is 0 Å². The number of H-pyrrole nitrogens is 1. The third-order valence-electron chi connectivity index (χ3n) is 4.60. The van der Waals surface area contributed by atoms with Gasteiger partial charge < -0.3 is 9.72 Å². The van der Waals surface area contributed by atoms with Crippen LogP contribution in [0.15, 0.2) is 30.6 Å². The monoisotopic (exact) mass is 438 g/mol. The van der Waals surface area contributed by atoms with Gasteiger partial charge in [0.2, 0.25) is 5.78 Å². The molecule has 0 aliphatic rings. The first-order valence-electron chi connectivity index (χ1n) is 9.05. The molecule has 0 aliphatic heterocycles. The molecule has 0 saturated heterocycles. The van der Waals surface area contributed by atoms with E-state index < -0.39 is 38.9 Å². The molecule has 30 heavy (non-hydrogen) atoms. The lowest BCUT2D eigenvalue weighted by Crippen LogP contribution is -2.35. The number of anilines is 1. The van der Waals surface area contributed by atoms with Gasteiger partial charge in [0.25, 0.3) is 0 Å². The molecule has 0 spiro atoms. The van der Waals surface area contributed by atoms with Crippen LogP contribution in [0.3, 0.4) is 0 Å². The van der Waals surface area contributed by atoms with Crippen LogP contribution in [0.1, 0.15) is 29.8 Å². The van der Waals surface area contributed by atoms with Gasteiger partial charge in [0.1, 0.15) is 17.2 Å². The van der Waals surface area contributed by atoms with Gasteiger partial charge in [0.15, 0.2) is 5.82 Å². The normalized spacial score (nSPS) is 11.8. The number of ketones is 1. The van der Waals surface area contributed by atoms with Crippen LogP contribution in [0.4, 0.5) is 14.5 Å². The summed E-state index contributed by atoms with van der Waals surface area (Å²) in [7, 11) is -2.69. The summed E-state index contributed by atoms with van der Waals surface area (Å²) in [4.78, 5) is 19.8. The second-order valence-corrected chi connectivity index (χ2v) is 7.91. The summed E-state index contributed by atoms with van der Waals surface area (Å²) in [5.41, 5.74) is -1.17. The maximum atomic E-state index is 15.1. The van der Waals surface area contributed by atoms with Crippen molar-refractivity contribution < 1.29 is 26.7 Å². The smallest absolute Gasteiger partial charge is 0.301 e. The van der Waals surface area contributed by atoms with Crippen molar-refractivity contribution >= 4 is 32.7 Å². The Morgan fingerprint density at radius 3 is 2.57 bits per heavy atom. The molecule has 0 fully saturated rings.